The largest absolute Gasteiger partial charge is 0.508 e. The highest BCUT2D eigenvalue weighted by atomic mass is 32.2. The molecule has 0 bridgehead atoms. The first-order valence-electron chi connectivity index (χ1n) is 7.93. The van der Waals surface area contributed by atoms with Gasteiger partial charge in [0.1, 0.15) is 16.4 Å². The van der Waals surface area contributed by atoms with Crippen LogP contribution >= 0.6 is 0 Å². The monoisotopic (exact) mass is 350 g/mol. The molecule has 0 atom stereocenters. The fourth-order valence-electron chi connectivity index (χ4n) is 2.72. The molecule has 0 aliphatic carbocycles. The number of rotatable bonds is 6. The molecule has 0 aliphatic rings. The first-order valence-corrected chi connectivity index (χ1v) is 9.37. The van der Waals surface area contributed by atoms with E-state index >= 15 is 0 Å². The second kappa shape index (κ2) is 7.23. The molecule has 0 heterocycles. The predicted molar refractivity (Wildman–Crippen MR) is 93.0 cm³/mol. The third kappa shape index (κ3) is 3.88. The highest BCUT2D eigenvalue weighted by Gasteiger charge is 2.20. The SMILES string of the molecule is CCCc1cc(-c2cc(CCC)c(O)c(S(=O)(=O)O)c2)ccc1O. The summed E-state index contributed by atoms with van der Waals surface area (Å²) in [5.74, 6) is -0.209. The Labute approximate surface area is 142 Å². The first-order chi connectivity index (χ1) is 11.3. The Morgan fingerprint density at radius 1 is 0.875 bits per heavy atom. The van der Waals surface area contributed by atoms with Crippen LogP contribution in [0.3, 0.4) is 0 Å². The van der Waals surface area contributed by atoms with Crippen LogP contribution < -0.4 is 0 Å². The number of phenolic OH excluding ortho intramolecular Hbond substituents is 2. The van der Waals surface area contributed by atoms with Crippen molar-refractivity contribution in [2.75, 3.05) is 0 Å². The molecule has 0 fully saturated rings. The van der Waals surface area contributed by atoms with E-state index in [0.29, 0.717) is 24.0 Å². The Bertz CT molecular complexity index is 841. The molecule has 3 N–H and O–H groups in total. The molecule has 24 heavy (non-hydrogen) atoms. The van der Waals surface area contributed by atoms with Crippen LogP contribution in [-0.2, 0) is 23.0 Å². The van der Waals surface area contributed by atoms with Gasteiger partial charge in [-0.15, -0.1) is 0 Å². The zero-order valence-electron chi connectivity index (χ0n) is 13.8. The lowest BCUT2D eigenvalue weighted by atomic mass is 9.97. The van der Waals surface area contributed by atoms with Crippen LogP contribution in [0.4, 0.5) is 0 Å². The van der Waals surface area contributed by atoms with E-state index in [-0.39, 0.29) is 5.75 Å². The van der Waals surface area contributed by atoms with Gasteiger partial charge in [0, 0.05) is 0 Å². The smallest absolute Gasteiger partial charge is 0.298 e. The molecule has 0 aliphatic heterocycles. The maximum absolute atomic E-state index is 11.6. The number of aromatic hydroxyl groups is 2. The maximum atomic E-state index is 11.6. The first kappa shape index (κ1) is 18.3. The third-order valence-corrected chi connectivity index (χ3v) is 4.75. The lowest BCUT2D eigenvalue weighted by Crippen LogP contribution is -2.01. The average Bonchev–Trinajstić information content (AvgIpc) is 2.51. The summed E-state index contributed by atoms with van der Waals surface area (Å²) >= 11 is 0. The van der Waals surface area contributed by atoms with E-state index in [9.17, 15) is 23.2 Å². The van der Waals surface area contributed by atoms with Gasteiger partial charge in [0.25, 0.3) is 10.1 Å². The molecule has 2 aromatic rings. The molecule has 0 amide bonds. The van der Waals surface area contributed by atoms with Gasteiger partial charge in [-0.1, -0.05) is 32.8 Å². The minimum Gasteiger partial charge on any atom is -0.508 e. The topological polar surface area (TPSA) is 94.8 Å². The van der Waals surface area contributed by atoms with Crippen molar-refractivity contribution in [3.05, 3.63) is 41.5 Å². The number of hydrogen-bond donors (Lipinski definition) is 3. The third-order valence-electron chi connectivity index (χ3n) is 3.88. The molecule has 0 saturated heterocycles. The Hall–Kier alpha value is -2.05. The zero-order chi connectivity index (χ0) is 17.9. The summed E-state index contributed by atoms with van der Waals surface area (Å²) in [5.41, 5.74) is 2.53. The predicted octanol–water partition coefficient (Wildman–Crippen LogP) is 3.92. The number of hydrogen-bond acceptors (Lipinski definition) is 4. The molecule has 6 heteroatoms. The second-order valence-corrected chi connectivity index (χ2v) is 7.19. The van der Waals surface area contributed by atoms with Crippen LogP contribution in [0.5, 0.6) is 11.5 Å². The van der Waals surface area contributed by atoms with Crippen molar-refractivity contribution in [1.82, 2.24) is 0 Å². The van der Waals surface area contributed by atoms with E-state index in [0.717, 1.165) is 24.0 Å². The van der Waals surface area contributed by atoms with Crippen molar-refractivity contribution in [2.45, 2.75) is 44.4 Å². The van der Waals surface area contributed by atoms with Gasteiger partial charge in [-0.2, -0.15) is 8.42 Å². The van der Waals surface area contributed by atoms with Crippen LogP contribution in [0.1, 0.15) is 37.8 Å². The normalized spacial score (nSPS) is 11.6. The van der Waals surface area contributed by atoms with Crippen molar-refractivity contribution in [3.63, 3.8) is 0 Å². The summed E-state index contributed by atoms with van der Waals surface area (Å²) in [4.78, 5) is -0.492. The van der Waals surface area contributed by atoms with Crippen molar-refractivity contribution in [1.29, 1.82) is 0 Å². The molecular formula is C18H22O5S. The van der Waals surface area contributed by atoms with Gasteiger partial charge < -0.3 is 10.2 Å². The molecule has 130 valence electrons. The Morgan fingerprint density at radius 2 is 1.46 bits per heavy atom. The van der Waals surface area contributed by atoms with Gasteiger partial charge in [-0.3, -0.25) is 4.55 Å². The maximum Gasteiger partial charge on any atom is 0.298 e. The van der Waals surface area contributed by atoms with Gasteiger partial charge in [0.15, 0.2) is 0 Å². The lowest BCUT2D eigenvalue weighted by molar-refractivity contribution is 0.437. The fraction of sp³-hybridized carbons (Fsp3) is 0.333. The average molecular weight is 350 g/mol. The molecule has 0 spiro atoms. The Balaban J connectivity index is 2.66. The van der Waals surface area contributed by atoms with E-state index in [1.807, 2.05) is 13.8 Å². The molecule has 0 radical (unpaired) electrons. The van der Waals surface area contributed by atoms with E-state index in [1.54, 1.807) is 24.3 Å². The van der Waals surface area contributed by atoms with Crippen molar-refractivity contribution in [2.24, 2.45) is 0 Å². The van der Waals surface area contributed by atoms with Crippen LogP contribution in [0.2, 0.25) is 0 Å². The van der Waals surface area contributed by atoms with Gasteiger partial charge >= 0.3 is 0 Å². The number of benzene rings is 2. The highest BCUT2D eigenvalue weighted by Crippen LogP contribution is 2.35. The highest BCUT2D eigenvalue weighted by molar-refractivity contribution is 7.86. The molecular weight excluding hydrogens is 328 g/mol. The number of aryl methyl sites for hydroxylation is 2. The Morgan fingerprint density at radius 3 is 2.04 bits per heavy atom. The van der Waals surface area contributed by atoms with Crippen molar-refractivity contribution < 1.29 is 23.2 Å². The van der Waals surface area contributed by atoms with Crippen LogP contribution in [0.25, 0.3) is 11.1 Å². The van der Waals surface area contributed by atoms with Crippen LogP contribution in [-0.4, -0.2) is 23.2 Å². The quantitative estimate of drug-likeness (QED) is 0.687. The van der Waals surface area contributed by atoms with E-state index < -0.39 is 20.8 Å². The van der Waals surface area contributed by atoms with Crippen LogP contribution in [0, 0.1) is 0 Å². The standard InChI is InChI=1S/C18H22O5S/c1-3-5-13-9-12(7-8-16(13)19)15-10-14(6-4-2)18(20)17(11-15)24(21,22)23/h7-11,19-20H,3-6H2,1-2H3,(H,21,22,23). The number of phenols is 2. The van der Waals surface area contributed by atoms with E-state index in [4.69, 9.17) is 0 Å². The summed E-state index contributed by atoms with van der Waals surface area (Å²) < 4.78 is 32.5. The Kier molecular flexibility index (Phi) is 5.51. The van der Waals surface area contributed by atoms with Crippen LogP contribution in [0.15, 0.2) is 35.2 Å². The fourth-order valence-corrected chi connectivity index (χ4v) is 3.37. The second-order valence-electron chi connectivity index (χ2n) is 5.80. The molecule has 2 aromatic carbocycles. The minimum absolute atomic E-state index is 0.197. The molecule has 0 unspecified atom stereocenters. The molecule has 5 nitrogen and oxygen atoms in total. The molecule has 0 aromatic heterocycles. The van der Waals surface area contributed by atoms with E-state index in [2.05, 4.69) is 0 Å². The van der Waals surface area contributed by atoms with Crippen molar-refractivity contribution in [3.8, 4) is 22.6 Å². The van der Waals surface area contributed by atoms with Gasteiger partial charge in [0.2, 0.25) is 0 Å². The summed E-state index contributed by atoms with van der Waals surface area (Å²) in [6, 6.07) is 8.03. The van der Waals surface area contributed by atoms with Gasteiger partial charge in [0.05, 0.1) is 0 Å². The van der Waals surface area contributed by atoms with Gasteiger partial charge in [-0.25, -0.2) is 0 Å². The summed E-state index contributed by atoms with van der Waals surface area (Å²) in [6.45, 7) is 3.92. The summed E-state index contributed by atoms with van der Waals surface area (Å²) in [7, 11) is -4.53. The minimum atomic E-state index is -4.53. The summed E-state index contributed by atoms with van der Waals surface area (Å²) in [6.07, 6.45) is 2.77. The molecule has 0 saturated carbocycles. The summed E-state index contributed by atoms with van der Waals surface area (Å²) in [5, 5.41) is 20.0. The zero-order valence-corrected chi connectivity index (χ0v) is 14.6. The lowest BCUT2D eigenvalue weighted by Gasteiger charge is -2.13. The van der Waals surface area contributed by atoms with Crippen molar-refractivity contribution >= 4 is 10.1 Å². The molecule has 2 rings (SSSR count). The van der Waals surface area contributed by atoms with E-state index in [1.165, 1.54) is 6.07 Å². The van der Waals surface area contributed by atoms with Gasteiger partial charge in [-0.05, 0) is 59.4 Å².